The van der Waals surface area contributed by atoms with Crippen LogP contribution in [0.3, 0.4) is 0 Å². The molecule has 0 aliphatic heterocycles. The van der Waals surface area contributed by atoms with E-state index >= 15 is 0 Å². The summed E-state index contributed by atoms with van der Waals surface area (Å²) < 4.78 is 6.48. The molecule has 0 aliphatic carbocycles. The molecule has 0 aliphatic rings. The Morgan fingerprint density at radius 3 is 2.67 bits per heavy atom. The summed E-state index contributed by atoms with van der Waals surface area (Å²) in [6.07, 6.45) is 2.28. The topological polar surface area (TPSA) is 79.0 Å². The molecule has 1 heterocycles. The third kappa shape index (κ3) is 2.34. The van der Waals surface area contributed by atoms with Crippen LogP contribution in [0.2, 0.25) is 0 Å². The second-order valence-electron chi connectivity index (χ2n) is 3.29. The third-order valence-corrected chi connectivity index (χ3v) is 2.16. The van der Waals surface area contributed by atoms with Crippen molar-refractivity contribution in [2.45, 2.75) is 0 Å². The van der Waals surface area contributed by atoms with Gasteiger partial charge in [0, 0.05) is 12.3 Å². The van der Waals surface area contributed by atoms with Gasteiger partial charge in [-0.2, -0.15) is 9.36 Å². The van der Waals surface area contributed by atoms with E-state index in [1.54, 1.807) is 24.3 Å². The summed E-state index contributed by atoms with van der Waals surface area (Å²) in [6, 6.07) is 8.85. The molecule has 1 aromatic heterocycles. The number of para-hydroxylation sites is 1. The Bertz CT molecular complexity index is 627. The Balaban J connectivity index is 2.33. The average Bonchev–Trinajstić information content (AvgIpc) is 2.78. The zero-order chi connectivity index (χ0) is 13.0. The van der Waals surface area contributed by atoms with Crippen molar-refractivity contribution in [3.63, 3.8) is 0 Å². The molecular weight excluding hydrogens is 236 g/mol. The summed E-state index contributed by atoms with van der Waals surface area (Å²) in [7, 11) is 1.25. The molecule has 0 saturated carbocycles. The van der Waals surface area contributed by atoms with Crippen molar-refractivity contribution >= 4 is 12.2 Å². The third-order valence-electron chi connectivity index (χ3n) is 2.16. The number of methoxy groups -OCH3 is 1. The highest BCUT2D eigenvalue weighted by atomic mass is 16.5. The van der Waals surface area contributed by atoms with E-state index in [1.807, 2.05) is 6.07 Å². The number of nitrogens with zero attached hydrogens (tertiary/aromatic N) is 4. The largest absolute Gasteiger partial charge is 0.466 e. The molecule has 1 aromatic carbocycles. The summed E-state index contributed by atoms with van der Waals surface area (Å²) in [5, 5.41) is 7.32. The lowest BCUT2D eigenvalue weighted by atomic mass is 10.3. The number of esters is 1. The number of rotatable bonds is 3. The number of tetrazole rings is 1. The van der Waals surface area contributed by atoms with Crippen LogP contribution in [0.15, 0.2) is 41.2 Å². The smallest absolute Gasteiger partial charge is 0.372 e. The summed E-state index contributed by atoms with van der Waals surface area (Å²) in [6.45, 7) is 0. The van der Waals surface area contributed by atoms with Crippen molar-refractivity contribution in [2.75, 3.05) is 7.11 Å². The molecule has 0 amide bonds. The van der Waals surface area contributed by atoms with E-state index in [1.165, 1.54) is 13.3 Å². The molecule has 18 heavy (non-hydrogen) atoms. The van der Waals surface area contributed by atoms with Gasteiger partial charge in [-0.3, -0.25) is 0 Å². The molecular formula is C11H10N4O3. The van der Waals surface area contributed by atoms with Gasteiger partial charge in [0.1, 0.15) is 0 Å². The van der Waals surface area contributed by atoms with Crippen molar-refractivity contribution in [1.29, 1.82) is 0 Å². The lowest BCUT2D eigenvalue weighted by molar-refractivity contribution is -0.134. The minimum atomic E-state index is -0.573. The van der Waals surface area contributed by atoms with Crippen LogP contribution in [-0.4, -0.2) is 32.9 Å². The maximum Gasteiger partial charge on any atom is 0.372 e. The Hall–Kier alpha value is -2.70. The summed E-state index contributed by atoms with van der Waals surface area (Å²) in [5.41, 5.74) is 0.126. The molecule has 2 rings (SSSR count). The van der Waals surface area contributed by atoms with Crippen LogP contribution < -0.4 is 5.69 Å². The Labute approximate surface area is 102 Å². The highest BCUT2D eigenvalue weighted by Crippen LogP contribution is 2.00. The molecule has 0 N–H and O–H groups in total. The van der Waals surface area contributed by atoms with E-state index in [0.717, 1.165) is 15.4 Å². The van der Waals surface area contributed by atoms with Crippen LogP contribution in [0.5, 0.6) is 0 Å². The Morgan fingerprint density at radius 2 is 2.00 bits per heavy atom. The molecule has 7 heteroatoms. The quantitative estimate of drug-likeness (QED) is 0.565. The van der Waals surface area contributed by atoms with E-state index in [2.05, 4.69) is 15.2 Å². The normalized spacial score (nSPS) is 10.7. The standard InChI is InChI=1S/C11H10N4O3/c1-18-10(16)7-8-14-11(17)15(13-12-14)9-5-3-2-4-6-9/h2-8H,1H3/b8-7+. The predicted octanol–water partition coefficient (Wildman–Crippen LogP) is 0.0727. The highest BCUT2D eigenvalue weighted by Gasteiger charge is 2.06. The van der Waals surface area contributed by atoms with Crippen molar-refractivity contribution in [2.24, 2.45) is 0 Å². The van der Waals surface area contributed by atoms with Crippen LogP contribution in [0, 0.1) is 0 Å². The van der Waals surface area contributed by atoms with Crippen LogP contribution in [0.1, 0.15) is 0 Å². The van der Waals surface area contributed by atoms with Gasteiger partial charge in [-0.1, -0.05) is 18.2 Å². The molecule has 2 aromatic rings. The predicted molar refractivity (Wildman–Crippen MR) is 63.0 cm³/mol. The number of ether oxygens (including phenoxy) is 1. The first-order valence-corrected chi connectivity index (χ1v) is 5.08. The first-order valence-electron chi connectivity index (χ1n) is 5.08. The molecule has 0 radical (unpaired) electrons. The van der Waals surface area contributed by atoms with Gasteiger partial charge in [-0.15, -0.1) is 0 Å². The van der Waals surface area contributed by atoms with Gasteiger partial charge in [0.25, 0.3) is 0 Å². The summed E-state index contributed by atoms with van der Waals surface area (Å²) in [5.74, 6) is -0.573. The lowest BCUT2D eigenvalue weighted by Crippen LogP contribution is -2.21. The number of hydrogen-bond donors (Lipinski definition) is 0. The van der Waals surface area contributed by atoms with E-state index in [-0.39, 0.29) is 0 Å². The van der Waals surface area contributed by atoms with Gasteiger partial charge in [0.2, 0.25) is 0 Å². The molecule has 0 bridgehead atoms. The number of benzene rings is 1. The zero-order valence-electron chi connectivity index (χ0n) is 9.56. The van der Waals surface area contributed by atoms with Gasteiger partial charge < -0.3 is 4.74 Å². The van der Waals surface area contributed by atoms with Crippen LogP contribution in [0.25, 0.3) is 11.9 Å². The molecule has 0 fully saturated rings. The van der Waals surface area contributed by atoms with Crippen molar-refractivity contribution in [3.05, 3.63) is 46.9 Å². The van der Waals surface area contributed by atoms with Crippen LogP contribution >= 0.6 is 0 Å². The Morgan fingerprint density at radius 1 is 1.28 bits per heavy atom. The molecule has 92 valence electrons. The first kappa shape index (κ1) is 11.8. The number of carbonyl (C=O) groups excluding carboxylic acids is 1. The van der Waals surface area contributed by atoms with E-state index < -0.39 is 11.7 Å². The second kappa shape index (κ2) is 5.09. The summed E-state index contributed by atoms with van der Waals surface area (Å²) in [4.78, 5) is 22.8. The van der Waals surface area contributed by atoms with Crippen LogP contribution in [-0.2, 0) is 9.53 Å². The fraction of sp³-hybridized carbons (Fsp3) is 0.0909. The van der Waals surface area contributed by atoms with Gasteiger partial charge >= 0.3 is 11.7 Å². The first-order chi connectivity index (χ1) is 8.72. The summed E-state index contributed by atoms with van der Waals surface area (Å²) >= 11 is 0. The van der Waals surface area contributed by atoms with Crippen molar-refractivity contribution < 1.29 is 9.53 Å². The van der Waals surface area contributed by atoms with Gasteiger partial charge in [-0.05, 0) is 22.6 Å². The van der Waals surface area contributed by atoms with Gasteiger partial charge in [0.15, 0.2) is 0 Å². The fourth-order valence-corrected chi connectivity index (χ4v) is 1.28. The van der Waals surface area contributed by atoms with Crippen molar-refractivity contribution in [1.82, 2.24) is 19.8 Å². The van der Waals surface area contributed by atoms with E-state index in [4.69, 9.17) is 0 Å². The van der Waals surface area contributed by atoms with Gasteiger partial charge in [-0.25, -0.2) is 9.59 Å². The highest BCUT2D eigenvalue weighted by molar-refractivity contribution is 5.84. The minimum absolute atomic E-state index is 0.471. The van der Waals surface area contributed by atoms with Crippen LogP contribution in [0.4, 0.5) is 0 Å². The van der Waals surface area contributed by atoms with E-state index in [9.17, 15) is 9.59 Å². The number of carbonyl (C=O) groups is 1. The van der Waals surface area contributed by atoms with Crippen molar-refractivity contribution in [3.8, 4) is 5.69 Å². The maximum absolute atomic E-state index is 11.9. The number of hydrogen-bond acceptors (Lipinski definition) is 5. The Kier molecular flexibility index (Phi) is 3.33. The molecule has 7 nitrogen and oxygen atoms in total. The minimum Gasteiger partial charge on any atom is -0.466 e. The fourth-order valence-electron chi connectivity index (χ4n) is 1.28. The zero-order valence-corrected chi connectivity index (χ0v) is 9.56. The monoisotopic (exact) mass is 246 g/mol. The maximum atomic E-state index is 11.9. The lowest BCUT2D eigenvalue weighted by Gasteiger charge is -1.95. The SMILES string of the molecule is COC(=O)/C=C/n1nnn(-c2ccccc2)c1=O. The van der Waals surface area contributed by atoms with Gasteiger partial charge in [0.05, 0.1) is 12.8 Å². The van der Waals surface area contributed by atoms with E-state index in [0.29, 0.717) is 5.69 Å². The molecule has 0 unspecified atom stereocenters. The second-order valence-corrected chi connectivity index (χ2v) is 3.29. The molecule has 0 spiro atoms. The molecule has 0 saturated heterocycles. The number of aromatic nitrogens is 4. The average molecular weight is 246 g/mol. The molecule has 0 atom stereocenters.